The lowest BCUT2D eigenvalue weighted by Crippen LogP contribution is -2.38. The SMILES string of the molecule is [B][P@@]1(=O)OC[C@H]2O[C@@H](n3cnc4c(N)ncnc43)C(O)[C@H]2OP(O)(=S)OC[C@H]2O[C@@H](n3cnc4c(N)ncnc43)[C@@H](F)C2O1. The number of alkyl halides is 1. The van der Waals surface area contributed by atoms with Gasteiger partial charge in [0.1, 0.15) is 54.2 Å². The van der Waals surface area contributed by atoms with Gasteiger partial charge in [0.15, 0.2) is 41.6 Å². The van der Waals surface area contributed by atoms with E-state index in [4.69, 9.17) is 58.4 Å². The Morgan fingerprint density at radius 3 is 2.07 bits per heavy atom. The third-order valence-corrected chi connectivity index (χ3v) is 9.85. The molecule has 0 spiro atoms. The third-order valence-electron chi connectivity index (χ3n) is 7.24. The molecule has 2 radical (unpaired) electrons. The molecule has 6 N–H and O–H groups in total. The van der Waals surface area contributed by atoms with Gasteiger partial charge < -0.3 is 44.5 Å². The van der Waals surface area contributed by atoms with Crippen molar-refractivity contribution in [1.29, 1.82) is 0 Å². The summed E-state index contributed by atoms with van der Waals surface area (Å²) in [5, 5.41) is 11.2. The molecule has 0 aromatic carbocycles. The van der Waals surface area contributed by atoms with Gasteiger partial charge in [-0.25, -0.2) is 34.3 Å². The molecule has 10 atom stereocenters. The molecule has 3 aliphatic rings. The molecule has 7 heterocycles. The van der Waals surface area contributed by atoms with E-state index in [1.165, 1.54) is 34.4 Å². The molecule has 4 aromatic heterocycles. The number of hydrogen-bond acceptors (Lipinski definition) is 17. The van der Waals surface area contributed by atoms with E-state index in [1.54, 1.807) is 0 Å². The number of halogens is 1. The molecule has 44 heavy (non-hydrogen) atoms. The maximum absolute atomic E-state index is 16.0. The van der Waals surface area contributed by atoms with E-state index in [1.807, 2.05) is 0 Å². The van der Waals surface area contributed by atoms with Crippen molar-refractivity contribution < 1.29 is 46.5 Å². The van der Waals surface area contributed by atoms with Gasteiger partial charge in [-0.05, 0) is 11.8 Å². The van der Waals surface area contributed by atoms with Gasteiger partial charge in [0, 0.05) is 0 Å². The fourth-order valence-corrected chi connectivity index (χ4v) is 7.69. The number of rotatable bonds is 2. The monoisotopic (exact) mass is 670 g/mol. The van der Waals surface area contributed by atoms with Crippen LogP contribution in [0.5, 0.6) is 0 Å². The molecular formula is C20H22BFN10O9P2S. The number of imidazole rings is 2. The number of nitrogen functional groups attached to an aromatic ring is 2. The topological polar surface area (TPSA) is 252 Å². The Kier molecular flexibility index (Phi) is 7.45. The van der Waals surface area contributed by atoms with Crippen molar-refractivity contribution in [3.63, 3.8) is 0 Å². The average Bonchev–Trinajstić information content (AvgIpc) is 3.73. The maximum Gasteiger partial charge on any atom is 0.325 e. The van der Waals surface area contributed by atoms with Crippen LogP contribution in [-0.2, 0) is 43.9 Å². The summed E-state index contributed by atoms with van der Waals surface area (Å²) < 4.78 is 65.6. The van der Waals surface area contributed by atoms with Crippen LogP contribution in [0.4, 0.5) is 16.0 Å². The zero-order valence-electron chi connectivity index (χ0n) is 22.1. The number of ether oxygens (including phenoxy) is 2. The summed E-state index contributed by atoms with van der Waals surface area (Å²) in [6, 6.07) is 0. The van der Waals surface area contributed by atoms with E-state index in [0.717, 1.165) is 0 Å². The van der Waals surface area contributed by atoms with Gasteiger partial charge in [-0.3, -0.25) is 18.2 Å². The Balaban J connectivity index is 1.17. The zero-order chi connectivity index (χ0) is 31.0. The highest BCUT2D eigenvalue weighted by atomic mass is 32.5. The number of anilines is 2. The van der Waals surface area contributed by atoms with Crippen molar-refractivity contribution in [1.82, 2.24) is 39.0 Å². The van der Waals surface area contributed by atoms with Crippen LogP contribution in [0.1, 0.15) is 12.5 Å². The predicted molar refractivity (Wildman–Crippen MR) is 150 cm³/mol. The first kappa shape index (κ1) is 29.9. The molecule has 3 unspecified atom stereocenters. The van der Waals surface area contributed by atoms with Gasteiger partial charge in [-0.1, -0.05) is 0 Å². The Labute approximate surface area is 252 Å². The fraction of sp³-hybridized carbons (Fsp3) is 0.500. The van der Waals surface area contributed by atoms with Crippen molar-refractivity contribution in [3.05, 3.63) is 25.3 Å². The second-order valence-electron chi connectivity index (χ2n) is 9.97. The molecule has 3 saturated heterocycles. The first-order valence-electron chi connectivity index (χ1n) is 12.8. The van der Waals surface area contributed by atoms with E-state index < -0.39 is 76.6 Å². The van der Waals surface area contributed by atoms with E-state index in [-0.39, 0.29) is 34.0 Å². The van der Waals surface area contributed by atoms with Gasteiger partial charge in [-0.15, -0.1) is 0 Å². The maximum atomic E-state index is 16.0. The standard InChI is InChI=1S/C20H22BFN10O9P2S/c21-42(34)36-1-8-14(12(33)20(39-8)32-6-30-11-16(24)26-4-28-18(11)32)41-43(35,44)37-2-7-13(40-42)9(22)19(38-7)31-5-29-10-15(23)25-3-27-17(10)31/h3-9,12-14,19-20,33H,1-2H2,(H,35,44)(H2,23,25,27)(H2,24,26,28)/t7-,8-,9+,12?,13?,14+,19-,20-,42-,43?/m1/s1. The van der Waals surface area contributed by atoms with Gasteiger partial charge in [0.25, 0.3) is 7.47 Å². The molecule has 0 amide bonds. The highest BCUT2D eigenvalue weighted by molar-refractivity contribution is 8.07. The van der Waals surface area contributed by atoms with Crippen molar-refractivity contribution >= 4 is 67.5 Å². The smallest absolute Gasteiger partial charge is 0.325 e. The molecule has 3 aliphatic heterocycles. The lowest BCUT2D eigenvalue weighted by molar-refractivity contribution is -0.0572. The quantitative estimate of drug-likeness (QED) is 0.157. The van der Waals surface area contributed by atoms with Crippen LogP contribution >= 0.6 is 14.2 Å². The van der Waals surface area contributed by atoms with Crippen LogP contribution in [0.3, 0.4) is 0 Å². The van der Waals surface area contributed by atoms with Crippen LogP contribution in [0.25, 0.3) is 22.3 Å². The van der Waals surface area contributed by atoms with Crippen molar-refractivity contribution in [3.8, 4) is 0 Å². The number of aromatic nitrogens is 8. The molecule has 7 rings (SSSR count). The van der Waals surface area contributed by atoms with Crippen LogP contribution in [0.2, 0.25) is 0 Å². The van der Waals surface area contributed by atoms with E-state index in [0.29, 0.717) is 0 Å². The minimum absolute atomic E-state index is 0.0574. The Morgan fingerprint density at radius 2 is 1.43 bits per heavy atom. The molecular weight excluding hydrogens is 648 g/mol. The lowest BCUT2D eigenvalue weighted by Gasteiger charge is -2.30. The Morgan fingerprint density at radius 1 is 0.886 bits per heavy atom. The number of aliphatic hydroxyl groups is 1. The molecule has 4 aromatic rings. The summed E-state index contributed by atoms with van der Waals surface area (Å²) in [7, 11) is 1.33. The summed E-state index contributed by atoms with van der Waals surface area (Å²) in [5.41, 5.74) is 12.5. The molecule has 0 bridgehead atoms. The van der Waals surface area contributed by atoms with Crippen molar-refractivity contribution in [2.75, 3.05) is 24.7 Å². The largest absolute Gasteiger partial charge is 0.386 e. The average molecular weight is 670 g/mol. The number of hydrogen-bond donors (Lipinski definition) is 4. The van der Waals surface area contributed by atoms with E-state index in [2.05, 4.69) is 29.9 Å². The second kappa shape index (κ2) is 11.0. The first-order valence-corrected chi connectivity index (χ1v) is 17.0. The molecule has 24 heteroatoms. The van der Waals surface area contributed by atoms with Gasteiger partial charge >= 0.3 is 6.72 Å². The molecule has 3 fully saturated rings. The molecule has 232 valence electrons. The summed E-state index contributed by atoms with van der Waals surface area (Å²) >= 11 is 5.20. The normalized spacial score (nSPS) is 38.2. The van der Waals surface area contributed by atoms with Crippen LogP contribution in [0.15, 0.2) is 25.3 Å². The van der Waals surface area contributed by atoms with Gasteiger partial charge in [-0.2, -0.15) is 0 Å². The number of nitrogens with zero attached hydrogens (tertiary/aromatic N) is 8. The molecule has 19 nitrogen and oxygen atoms in total. The summed E-state index contributed by atoms with van der Waals surface area (Å²) in [5.74, 6) is 0.148. The number of nitrogens with two attached hydrogens (primary N) is 2. The zero-order valence-corrected chi connectivity index (χ0v) is 24.7. The third kappa shape index (κ3) is 5.19. The van der Waals surface area contributed by atoms with Crippen molar-refractivity contribution in [2.45, 2.75) is 49.1 Å². The van der Waals surface area contributed by atoms with Crippen LogP contribution in [-0.4, -0.2) is 107 Å². The van der Waals surface area contributed by atoms with Crippen LogP contribution in [0, 0.1) is 0 Å². The number of fused-ring (bicyclic) bond motifs is 4. The van der Waals surface area contributed by atoms with E-state index in [9.17, 15) is 14.6 Å². The predicted octanol–water partition coefficient (Wildman–Crippen LogP) is -0.365. The Bertz CT molecular complexity index is 1710. The summed E-state index contributed by atoms with van der Waals surface area (Å²) in [4.78, 5) is 35.2. The number of aliphatic hydroxyl groups excluding tert-OH is 1. The van der Waals surface area contributed by atoms with Crippen LogP contribution < -0.4 is 11.5 Å². The van der Waals surface area contributed by atoms with Gasteiger partial charge in [0.2, 0.25) is 7.57 Å². The lowest BCUT2D eigenvalue weighted by atomic mass is 10.1. The van der Waals surface area contributed by atoms with Gasteiger partial charge in [0.05, 0.1) is 25.9 Å². The summed E-state index contributed by atoms with van der Waals surface area (Å²) in [6.45, 7) is -5.38. The minimum Gasteiger partial charge on any atom is -0.386 e. The summed E-state index contributed by atoms with van der Waals surface area (Å²) in [6.07, 6.45) is -6.88. The second-order valence-corrected chi connectivity index (χ2v) is 14.3. The van der Waals surface area contributed by atoms with Crippen molar-refractivity contribution in [2.24, 2.45) is 0 Å². The Hall–Kier alpha value is -2.75. The van der Waals surface area contributed by atoms with E-state index >= 15 is 4.39 Å². The minimum atomic E-state index is -4.53. The highest BCUT2D eigenvalue weighted by Gasteiger charge is 2.53. The molecule has 0 saturated carbocycles. The fourth-order valence-electron chi connectivity index (χ4n) is 5.23. The molecule has 0 aliphatic carbocycles. The highest BCUT2D eigenvalue weighted by Crippen LogP contribution is 2.54. The first-order chi connectivity index (χ1) is 20.9.